The molecule has 28 heavy (non-hydrogen) atoms. The molecule has 1 aromatic heterocycles. The first kappa shape index (κ1) is 19.8. The van der Waals surface area contributed by atoms with Crippen LogP contribution >= 0.6 is 0 Å². The Morgan fingerprint density at radius 2 is 2.11 bits per heavy atom. The number of methoxy groups -OCH3 is 1. The number of ether oxygens (including phenoxy) is 1. The molecular formula is C19H22F2N4O3. The molecule has 3 rings (SSSR count). The van der Waals surface area contributed by atoms with E-state index in [-0.39, 0.29) is 18.0 Å². The van der Waals surface area contributed by atoms with Crippen molar-refractivity contribution in [3.8, 4) is 0 Å². The zero-order valence-electron chi connectivity index (χ0n) is 15.8. The molecule has 1 aliphatic heterocycles. The summed E-state index contributed by atoms with van der Waals surface area (Å²) in [4.78, 5) is 33.6. The van der Waals surface area contributed by atoms with Gasteiger partial charge in [0.25, 0.3) is 0 Å². The van der Waals surface area contributed by atoms with Crippen molar-refractivity contribution < 1.29 is 23.1 Å². The largest absolute Gasteiger partial charge is 0.467 e. The molecule has 2 aromatic rings. The van der Waals surface area contributed by atoms with Gasteiger partial charge in [0.2, 0.25) is 0 Å². The lowest BCUT2D eigenvalue weighted by atomic mass is 9.95. The molecule has 2 N–H and O–H groups in total. The van der Waals surface area contributed by atoms with Crippen molar-refractivity contribution in [2.24, 2.45) is 5.92 Å². The van der Waals surface area contributed by atoms with Gasteiger partial charge in [0.15, 0.2) is 0 Å². The first-order valence-electron chi connectivity index (χ1n) is 8.95. The molecule has 7 nitrogen and oxygen atoms in total. The maximum atomic E-state index is 14.5. The van der Waals surface area contributed by atoms with E-state index in [2.05, 4.69) is 15.3 Å². The minimum atomic E-state index is -0.920. The van der Waals surface area contributed by atoms with Crippen LogP contribution < -0.4 is 5.32 Å². The SMILES string of the molecule is COC(=O)[C@H](NC(=O)N1CCc2[nH]cnc2[C@@H]1c1cc(F)ccc1F)C(C)C. The van der Waals surface area contributed by atoms with E-state index in [9.17, 15) is 18.4 Å². The van der Waals surface area contributed by atoms with Gasteiger partial charge in [0.05, 0.1) is 19.1 Å². The third-order valence-corrected chi connectivity index (χ3v) is 4.84. The van der Waals surface area contributed by atoms with E-state index < -0.39 is 35.7 Å². The number of hydrogen-bond donors (Lipinski definition) is 2. The van der Waals surface area contributed by atoms with Crippen LogP contribution in [0.5, 0.6) is 0 Å². The van der Waals surface area contributed by atoms with Crippen LogP contribution in [-0.2, 0) is 16.0 Å². The predicted molar refractivity (Wildman–Crippen MR) is 96.4 cm³/mol. The number of hydrogen-bond acceptors (Lipinski definition) is 4. The molecule has 1 aromatic carbocycles. The molecular weight excluding hydrogens is 370 g/mol. The van der Waals surface area contributed by atoms with Gasteiger partial charge in [0, 0.05) is 24.2 Å². The number of urea groups is 1. The number of nitrogens with one attached hydrogen (secondary N) is 2. The molecule has 1 aliphatic rings. The summed E-state index contributed by atoms with van der Waals surface area (Å²) >= 11 is 0. The van der Waals surface area contributed by atoms with Crippen molar-refractivity contribution in [2.75, 3.05) is 13.7 Å². The van der Waals surface area contributed by atoms with Gasteiger partial charge in [-0.2, -0.15) is 0 Å². The summed E-state index contributed by atoms with van der Waals surface area (Å²) in [7, 11) is 1.24. The van der Waals surface area contributed by atoms with Gasteiger partial charge in [-0.1, -0.05) is 13.8 Å². The normalized spacial score (nSPS) is 17.2. The van der Waals surface area contributed by atoms with Crippen LogP contribution in [0.25, 0.3) is 0 Å². The Hall–Kier alpha value is -2.97. The number of rotatable bonds is 4. The summed E-state index contributed by atoms with van der Waals surface area (Å²) in [6, 6.07) is 0.736. The zero-order valence-corrected chi connectivity index (χ0v) is 15.8. The molecule has 0 saturated carbocycles. The van der Waals surface area contributed by atoms with Crippen molar-refractivity contribution in [1.82, 2.24) is 20.2 Å². The summed E-state index contributed by atoms with van der Waals surface area (Å²) < 4.78 is 33.1. The number of halogens is 2. The van der Waals surface area contributed by atoms with Crippen LogP contribution in [0.3, 0.4) is 0 Å². The molecule has 150 valence electrons. The predicted octanol–water partition coefficient (Wildman–Crippen LogP) is 2.54. The second kappa shape index (κ2) is 7.95. The van der Waals surface area contributed by atoms with Crippen LogP contribution in [0.15, 0.2) is 24.5 Å². The fraction of sp³-hybridized carbons (Fsp3) is 0.421. The van der Waals surface area contributed by atoms with E-state index in [1.54, 1.807) is 13.8 Å². The van der Waals surface area contributed by atoms with E-state index in [1.165, 1.54) is 18.3 Å². The molecule has 0 spiro atoms. The van der Waals surface area contributed by atoms with E-state index in [1.807, 2.05) is 0 Å². The monoisotopic (exact) mass is 392 g/mol. The van der Waals surface area contributed by atoms with Crippen molar-refractivity contribution in [3.05, 3.63) is 53.1 Å². The second-order valence-electron chi connectivity index (χ2n) is 6.97. The molecule has 0 radical (unpaired) electrons. The van der Waals surface area contributed by atoms with E-state index in [0.717, 1.165) is 23.9 Å². The van der Waals surface area contributed by atoms with Crippen LogP contribution in [0, 0.1) is 17.6 Å². The molecule has 2 atom stereocenters. The highest BCUT2D eigenvalue weighted by molar-refractivity contribution is 5.84. The molecule has 2 heterocycles. The Morgan fingerprint density at radius 3 is 2.79 bits per heavy atom. The Bertz CT molecular complexity index is 884. The van der Waals surface area contributed by atoms with E-state index >= 15 is 0 Å². The van der Waals surface area contributed by atoms with Crippen molar-refractivity contribution in [1.29, 1.82) is 0 Å². The molecule has 0 unspecified atom stereocenters. The first-order valence-corrected chi connectivity index (χ1v) is 8.95. The van der Waals surface area contributed by atoms with Gasteiger partial charge in [-0.05, 0) is 24.1 Å². The minimum Gasteiger partial charge on any atom is -0.467 e. The van der Waals surface area contributed by atoms with Gasteiger partial charge in [-0.25, -0.2) is 23.4 Å². The summed E-state index contributed by atoms with van der Waals surface area (Å²) in [6.07, 6.45) is 1.93. The van der Waals surface area contributed by atoms with Crippen LogP contribution in [0.2, 0.25) is 0 Å². The number of carbonyl (C=O) groups is 2. The third-order valence-electron chi connectivity index (χ3n) is 4.84. The molecule has 9 heteroatoms. The van der Waals surface area contributed by atoms with Crippen molar-refractivity contribution >= 4 is 12.0 Å². The lowest BCUT2D eigenvalue weighted by molar-refractivity contribution is -0.144. The minimum absolute atomic E-state index is 0.00219. The fourth-order valence-corrected chi connectivity index (χ4v) is 3.38. The number of aromatic nitrogens is 2. The quantitative estimate of drug-likeness (QED) is 0.783. The number of benzene rings is 1. The molecule has 0 bridgehead atoms. The van der Waals surface area contributed by atoms with Gasteiger partial charge in [0.1, 0.15) is 23.7 Å². The number of imidazole rings is 1. The van der Waals surface area contributed by atoms with Crippen molar-refractivity contribution in [2.45, 2.75) is 32.4 Å². The molecule has 2 amide bonds. The number of carbonyl (C=O) groups excluding carboxylic acids is 2. The van der Waals surface area contributed by atoms with Gasteiger partial charge in [-0.15, -0.1) is 0 Å². The highest BCUT2D eigenvalue weighted by atomic mass is 19.1. The van der Waals surface area contributed by atoms with Gasteiger partial charge in [-0.3, -0.25) is 0 Å². The number of fused-ring (bicyclic) bond motifs is 1. The fourth-order valence-electron chi connectivity index (χ4n) is 3.38. The summed E-state index contributed by atoms with van der Waals surface area (Å²) in [5, 5.41) is 2.65. The molecule has 0 fully saturated rings. The van der Waals surface area contributed by atoms with Gasteiger partial charge < -0.3 is 19.9 Å². The maximum Gasteiger partial charge on any atom is 0.328 e. The van der Waals surface area contributed by atoms with Crippen LogP contribution in [0.4, 0.5) is 13.6 Å². The summed E-state index contributed by atoms with van der Waals surface area (Å²) in [6.45, 7) is 3.79. The Kier molecular flexibility index (Phi) is 5.62. The van der Waals surface area contributed by atoms with Crippen LogP contribution in [0.1, 0.15) is 36.8 Å². The number of H-pyrrole nitrogens is 1. The first-order chi connectivity index (χ1) is 13.3. The highest BCUT2D eigenvalue weighted by Crippen LogP contribution is 2.35. The Balaban J connectivity index is 1.98. The third kappa shape index (κ3) is 3.69. The number of aromatic amines is 1. The smallest absolute Gasteiger partial charge is 0.328 e. The van der Waals surface area contributed by atoms with Gasteiger partial charge >= 0.3 is 12.0 Å². The Labute approximate surface area is 161 Å². The lowest BCUT2D eigenvalue weighted by Gasteiger charge is -2.36. The number of esters is 1. The Morgan fingerprint density at radius 1 is 1.36 bits per heavy atom. The van der Waals surface area contributed by atoms with E-state index in [0.29, 0.717) is 12.1 Å². The zero-order chi connectivity index (χ0) is 20.4. The standard InChI is InChI=1S/C19H22F2N4O3/c1-10(2)15(18(26)28-3)24-19(27)25-7-6-14-16(23-9-22-14)17(25)12-8-11(20)4-5-13(12)21/h4-5,8-10,15,17H,6-7H2,1-3H3,(H,22,23)(H,24,27)/t15-,17+/m1/s1. The lowest BCUT2D eigenvalue weighted by Crippen LogP contribution is -2.53. The van der Waals surface area contributed by atoms with Crippen LogP contribution in [-0.4, -0.2) is 46.6 Å². The molecule has 0 aliphatic carbocycles. The second-order valence-corrected chi connectivity index (χ2v) is 6.97. The summed E-state index contributed by atoms with van der Waals surface area (Å²) in [5.74, 6) is -2.05. The van der Waals surface area contributed by atoms with E-state index in [4.69, 9.17) is 4.74 Å². The molecule has 0 saturated heterocycles. The summed E-state index contributed by atoms with van der Waals surface area (Å²) in [5.41, 5.74) is 1.21. The number of amides is 2. The maximum absolute atomic E-state index is 14.5. The van der Waals surface area contributed by atoms with Crippen molar-refractivity contribution in [3.63, 3.8) is 0 Å². The topological polar surface area (TPSA) is 87.3 Å². The average Bonchev–Trinajstić information content (AvgIpc) is 3.15. The average molecular weight is 392 g/mol. The number of nitrogens with zero attached hydrogens (tertiary/aromatic N) is 2. The highest BCUT2D eigenvalue weighted by Gasteiger charge is 2.37.